The molecule has 1 radical (unpaired) electrons. The Morgan fingerprint density at radius 1 is 0.786 bits per heavy atom. The Balaban J connectivity index is 0.000000220. The Hall–Kier alpha value is 0.380. The Bertz CT molecular complexity index is 542. The Morgan fingerprint density at radius 3 is 1.39 bits per heavy atom. The van der Waals surface area contributed by atoms with E-state index in [4.69, 9.17) is 17.0 Å². The summed E-state index contributed by atoms with van der Waals surface area (Å²) in [7, 11) is 10.6. The molecule has 0 nitrogen and oxygen atoms in total. The molecular weight excluding hydrogens is 478 g/mol. The van der Waals surface area contributed by atoms with Crippen molar-refractivity contribution in [3.63, 3.8) is 0 Å². The number of hydrogen-bond acceptors (Lipinski definition) is 0. The van der Waals surface area contributed by atoms with Gasteiger partial charge in [0.1, 0.15) is 0 Å². The summed E-state index contributed by atoms with van der Waals surface area (Å²) in [6, 6.07) is 9.59. The van der Waals surface area contributed by atoms with Gasteiger partial charge >= 0.3 is 37.9 Å². The molecule has 0 bridgehead atoms. The topological polar surface area (TPSA) is 0 Å². The van der Waals surface area contributed by atoms with Crippen molar-refractivity contribution in [3.05, 3.63) is 57.6 Å². The minimum atomic E-state index is -0.826. The van der Waals surface area contributed by atoms with Gasteiger partial charge in [-0.1, -0.05) is 91.1 Å². The summed E-state index contributed by atoms with van der Waals surface area (Å²) in [6.07, 6.45) is 13.3. The predicted molar refractivity (Wildman–Crippen MR) is 127 cm³/mol. The molecule has 4 rings (SSSR count). The minimum absolute atomic E-state index is 0.750. The van der Waals surface area contributed by atoms with Crippen LogP contribution in [0.4, 0.5) is 0 Å². The standard InChI is InChI=1S/2C11H15.C2H7Si.2ClH.Zr/c2*1-2-9-7-10-5-3-4-6-11(10)8-9;1-3-2;;;/h2*7-8H,2-6H2,1H3;3H,1-2H3;2*1H;/q2*-1;;;;+4/p-2. The predicted octanol–water partition coefficient (Wildman–Crippen LogP) is 7.59. The van der Waals surface area contributed by atoms with Crippen molar-refractivity contribution >= 4 is 26.5 Å². The molecule has 2 aliphatic carbocycles. The van der Waals surface area contributed by atoms with Gasteiger partial charge in [-0.15, -0.1) is 0 Å². The van der Waals surface area contributed by atoms with E-state index in [2.05, 4.69) is 51.2 Å². The molecule has 28 heavy (non-hydrogen) atoms. The third-order valence-corrected chi connectivity index (χ3v) is 5.36. The average Bonchev–Trinajstić information content (AvgIpc) is 3.33. The molecule has 0 heterocycles. The summed E-state index contributed by atoms with van der Waals surface area (Å²) < 4.78 is 0. The van der Waals surface area contributed by atoms with E-state index in [0.717, 1.165) is 9.52 Å². The second-order valence-electron chi connectivity index (χ2n) is 7.60. The molecule has 0 aromatic heterocycles. The van der Waals surface area contributed by atoms with Crippen molar-refractivity contribution in [2.24, 2.45) is 0 Å². The van der Waals surface area contributed by atoms with Crippen LogP contribution in [0.1, 0.15) is 72.9 Å². The number of aryl methyl sites for hydroxylation is 6. The van der Waals surface area contributed by atoms with Gasteiger partial charge in [-0.3, -0.25) is 0 Å². The quantitative estimate of drug-likeness (QED) is 0.285. The summed E-state index contributed by atoms with van der Waals surface area (Å²) in [4.78, 5) is 0. The molecule has 0 fully saturated rings. The average molecular weight is 516 g/mol. The van der Waals surface area contributed by atoms with E-state index in [1.165, 1.54) is 75.3 Å². The van der Waals surface area contributed by atoms with Gasteiger partial charge in [-0.25, -0.2) is 12.1 Å². The van der Waals surface area contributed by atoms with Crippen LogP contribution in [-0.2, 0) is 59.4 Å². The van der Waals surface area contributed by atoms with Gasteiger partial charge in [-0.05, 0) is 0 Å². The van der Waals surface area contributed by atoms with Gasteiger partial charge in [0.2, 0.25) is 0 Å². The van der Waals surface area contributed by atoms with Crippen molar-refractivity contribution in [1.29, 1.82) is 0 Å². The molecule has 4 heteroatoms. The van der Waals surface area contributed by atoms with E-state index in [9.17, 15) is 0 Å². The summed E-state index contributed by atoms with van der Waals surface area (Å²) in [5.74, 6) is 0. The monoisotopic (exact) mass is 513 g/mol. The molecule has 2 aromatic rings. The van der Waals surface area contributed by atoms with Crippen LogP contribution in [0, 0.1) is 0 Å². The van der Waals surface area contributed by atoms with Gasteiger partial charge in [0.15, 0.2) is 0 Å². The molecular formula is C24H37Cl2SiZr. The summed E-state index contributed by atoms with van der Waals surface area (Å²) in [6.45, 7) is 8.89. The first-order valence-electron chi connectivity index (χ1n) is 10.9. The zero-order valence-electron chi connectivity index (χ0n) is 18.2. The molecule has 0 amide bonds. The van der Waals surface area contributed by atoms with Gasteiger partial charge in [-0.2, -0.15) is 45.5 Å². The van der Waals surface area contributed by atoms with E-state index in [1.807, 2.05) is 0 Å². The first-order chi connectivity index (χ1) is 13.6. The van der Waals surface area contributed by atoms with E-state index in [1.54, 1.807) is 22.3 Å². The van der Waals surface area contributed by atoms with Crippen LogP contribution < -0.4 is 0 Å². The van der Waals surface area contributed by atoms with E-state index >= 15 is 0 Å². The fraction of sp³-hybridized carbons (Fsp3) is 0.583. The second-order valence-corrected chi connectivity index (χ2v) is 12.5. The third kappa shape index (κ3) is 9.46. The van der Waals surface area contributed by atoms with Gasteiger partial charge in [0.05, 0.1) is 0 Å². The number of hydrogen-bond donors (Lipinski definition) is 0. The van der Waals surface area contributed by atoms with Crippen LogP contribution >= 0.6 is 17.0 Å². The van der Waals surface area contributed by atoms with Gasteiger partial charge in [0.25, 0.3) is 0 Å². The zero-order chi connectivity index (χ0) is 20.8. The maximum atomic E-state index is 4.93. The SMILES string of the molecule is CCc1cc2c([cH-]1)CCCC2.CCc1cc2c([cH-]1)CCCC2.C[SiH]C.[Cl][Zr+2][Cl]. The van der Waals surface area contributed by atoms with E-state index < -0.39 is 20.8 Å². The van der Waals surface area contributed by atoms with Crippen LogP contribution in [0.25, 0.3) is 0 Å². The molecule has 0 saturated heterocycles. The first-order valence-corrected chi connectivity index (χ1v) is 19.5. The number of fused-ring (bicyclic) bond motifs is 2. The van der Waals surface area contributed by atoms with Crippen LogP contribution in [0.2, 0.25) is 13.1 Å². The summed E-state index contributed by atoms with van der Waals surface area (Å²) in [5, 5.41) is 0. The molecule has 0 aliphatic heterocycles. The molecule has 0 unspecified atom stereocenters. The van der Waals surface area contributed by atoms with Crippen molar-refractivity contribution in [2.75, 3.05) is 0 Å². The molecule has 0 saturated carbocycles. The van der Waals surface area contributed by atoms with Gasteiger partial charge < -0.3 is 0 Å². The summed E-state index contributed by atoms with van der Waals surface area (Å²) >= 11 is -0.826. The fourth-order valence-electron chi connectivity index (χ4n) is 3.95. The molecule has 155 valence electrons. The molecule has 2 aliphatic rings. The van der Waals surface area contributed by atoms with Crippen LogP contribution in [0.5, 0.6) is 0 Å². The molecule has 0 spiro atoms. The normalized spacial score (nSPS) is 13.9. The Labute approximate surface area is 195 Å². The maximum absolute atomic E-state index is 4.93. The molecule has 0 N–H and O–H groups in total. The number of halogens is 2. The summed E-state index contributed by atoms with van der Waals surface area (Å²) in [5.41, 5.74) is 9.61. The first kappa shape index (κ1) is 26.4. The Morgan fingerprint density at radius 2 is 1.11 bits per heavy atom. The third-order valence-electron chi connectivity index (χ3n) is 5.36. The zero-order valence-corrected chi connectivity index (χ0v) is 23.3. The second kappa shape index (κ2) is 16.1. The van der Waals surface area contributed by atoms with Crippen molar-refractivity contribution in [1.82, 2.24) is 0 Å². The van der Waals surface area contributed by atoms with Crippen molar-refractivity contribution < 1.29 is 20.8 Å². The van der Waals surface area contributed by atoms with E-state index in [0.29, 0.717) is 0 Å². The van der Waals surface area contributed by atoms with Crippen molar-refractivity contribution in [2.45, 2.75) is 91.1 Å². The van der Waals surface area contributed by atoms with E-state index in [-0.39, 0.29) is 0 Å². The Kier molecular flexibility index (Phi) is 15.2. The van der Waals surface area contributed by atoms with Crippen LogP contribution in [-0.4, -0.2) is 9.52 Å². The fourth-order valence-corrected chi connectivity index (χ4v) is 3.95. The van der Waals surface area contributed by atoms with Gasteiger partial charge in [0, 0.05) is 9.52 Å². The molecule has 0 atom stereocenters. The molecule has 2 aromatic carbocycles. The number of rotatable bonds is 2. The van der Waals surface area contributed by atoms with Crippen LogP contribution in [0.15, 0.2) is 24.3 Å². The van der Waals surface area contributed by atoms with Crippen LogP contribution in [0.3, 0.4) is 0 Å². The van der Waals surface area contributed by atoms with Crippen molar-refractivity contribution in [3.8, 4) is 0 Å².